The molecule has 2 aromatic rings. The van der Waals surface area contributed by atoms with E-state index in [0.29, 0.717) is 12.5 Å². The zero-order valence-electron chi connectivity index (χ0n) is 12.0. The molecule has 5 heteroatoms. The Labute approximate surface area is 124 Å². The molecule has 20 heavy (non-hydrogen) atoms. The van der Waals surface area contributed by atoms with E-state index in [1.165, 1.54) is 0 Å². The van der Waals surface area contributed by atoms with Crippen LogP contribution in [0.25, 0.3) is 11.2 Å². The topological polar surface area (TPSA) is 39.9 Å². The van der Waals surface area contributed by atoms with Crippen molar-refractivity contribution in [1.29, 1.82) is 0 Å². The molecule has 1 atom stereocenters. The molecule has 0 N–H and O–H groups in total. The maximum atomic E-state index is 5.95. The van der Waals surface area contributed by atoms with Gasteiger partial charge < -0.3 is 9.30 Å². The first-order valence-corrected chi connectivity index (χ1v) is 7.66. The largest absolute Gasteiger partial charge is 0.379 e. The lowest BCUT2D eigenvalue weighted by molar-refractivity contribution is 0.00997. The molecule has 0 radical (unpaired) electrons. The standard InChI is InChI=1S/C15H20ClN3O/c1-11-8-12-14(17-9-11)19(13(18-12)4-6-16)15(2)5-3-7-20-10-15/h8-9H,3-7,10H2,1-2H3. The summed E-state index contributed by atoms with van der Waals surface area (Å²) in [6.07, 6.45) is 4.82. The van der Waals surface area contributed by atoms with Gasteiger partial charge in [0.15, 0.2) is 5.65 Å². The third-order valence-electron chi connectivity index (χ3n) is 3.98. The molecule has 1 aliphatic rings. The van der Waals surface area contributed by atoms with Crippen LogP contribution in [0.2, 0.25) is 0 Å². The second-order valence-corrected chi connectivity index (χ2v) is 6.19. The van der Waals surface area contributed by atoms with Gasteiger partial charge in [-0.05, 0) is 38.3 Å². The summed E-state index contributed by atoms with van der Waals surface area (Å²) in [5, 5.41) is 0. The van der Waals surface area contributed by atoms with Gasteiger partial charge in [-0.25, -0.2) is 9.97 Å². The minimum Gasteiger partial charge on any atom is -0.379 e. The van der Waals surface area contributed by atoms with Gasteiger partial charge in [-0.3, -0.25) is 0 Å². The second-order valence-electron chi connectivity index (χ2n) is 5.81. The Kier molecular flexibility index (Phi) is 3.69. The number of imidazole rings is 1. The predicted octanol–water partition coefficient (Wildman–Crippen LogP) is 3.05. The van der Waals surface area contributed by atoms with Crippen molar-refractivity contribution in [3.05, 3.63) is 23.7 Å². The molecule has 3 heterocycles. The fourth-order valence-corrected chi connectivity index (χ4v) is 3.20. The highest BCUT2D eigenvalue weighted by molar-refractivity contribution is 6.17. The van der Waals surface area contributed by atoms with Crippen LogP contribution in [-0.2, 0) is 16.7 Å². The lowest BCUT2D eigenvalue weighted by Crippen LogP contribution is -2.40. The summed E-state index contributed by atoms with van der Waals surface area (Å²) in [7, 11) is 0. The summed E-state index contributed by atoms with van der Waals surface area (Å²) in [5.41, 5.74) is 2.96. The highest BCUT2D eigenvalue weighted by Crippen LogP contribution is 2.32. The van der Waals surface area contributed by atoms with Crippen molar-refractivity contribution < 1.29 is 4.74 Å². The fraction of sp³-hybridized carbons (Fsp3) is 0.600. The first kappa shape index (κ1) is 13.8. The van der Waals surface area contributed by atoms with Gasteiger partial charge in [0.25, 0.3) is 0 Å². The van der Waals surface area contributed by atoms with E-state index in [0.717, 1.165) is 48.4 Å². The number of ether oxygens (including phenoxy) is 1. The molecule has 2 aromatic heterocycles. The minimum atomic E-state index is -0.0728. The molecular weight excluding hydrogens is 274 g/mol. The quantitative estimate of drug-likeness (QED) is 0.817. The van der Waals surface area contributed by atoms with Crippen molar-refractivity contribution in [2.75, 3.05) is 19.1 Å². The number of nitrogens with zero attached hydrogens (tertiary/aromatic N) is 3. The van der Waals surface area contributed by atoms with Gasteiger partial charge in [-0.1, -0.05) is 0 Å². The van der Waals surface area contributed by atoms with Crippen LogP contribution in [0.4, 0.5) is 0 Å². The maximum Gasteiger partial charge on any atom is 0.160 e. The highest BCUT2D eigenvalue weighted by Gasteiger charge is 2.33. The van der Waals surface area contributed by atoms with E-state index in [2.05, 4.69) is 22.5 Å². The number of aromatic nitrogens is 3. The summed E-state index contributed by atoms with van der Waals surface area (Å²) in [6.45, 7) is 5.83. The third-order valence-corrected chi connectivity index (χ3v) is 4.17. The van der Waals surface area contributed by atoms with E-state index in [-0.39, 0.29) is 5.54 Å². The number of hydrogen-bond acceptors (Lipinski definition) is 3. The SMILES string of the molecule is Cc1cnc2c(c1)nc(CCCl)n2C1(C)CCCOC1. The van der Waals surface area contributed by atoms with Gasteiger partial charge in [-0.2, -0.15) is 0 Å². The molecule has 0 bridgehead atoms. The molecule has 1 unspecified atom stereocenters. The molecule has 3 rings (SSSR count). The normalized spacial score (nSPS) is 23.4. The van der Waals surface area contributed by atoms with E-state index in [1.54, 1.807) is 0 Å². The molecule has 1 fully saturated rings. The van der Waals surface area contributed by atoms with Crippen molar-refractivity contribution in [3.8, 4) is 0 Å². The molecular formula is C15H20ClN3O. The van der Waals surface area contributed by atoms with Gasteiger partial charge >= 0.3 is 0 Å². The van der Waals surface area contributed by atoms with Crippen LogP contribution in [0.5, 0.6) is 0 Å². The van der Waals surface area contributed by atoms with Crippen LogP contribution >= 0.6 is 11.6 Å². The van der Waals surface area contributed by atoms with Crippen LogP contribution in [0.1, 0.15) is 31.2 Å². The average molecular weight is 294 g/mol. The predicted molar refractivity (Wildman–Crippen MR) is 80.4 cm³/mol. The van der Waals surface area contributed by atoms with Crippen molar-refractivity contribution >= 4 is 22.8 Å². The molecule has 0 saturated carbocycles. The van der Waals surface area contributed by atoms with Crippen LogP contribution in [0, 0.1) is 6.92 Å². The number of rotatable bonds is 3. The Bertz CT molecular complexity index is 617. The zero-order valence-corrected chi connectivity index (χ0v) is 12.8. The van der Waals surface area contributed by atoms with E-state index >= 15 is 0 Å². The first-order valence-electron chi connectivity index (χ1n) is 7.12. The molecule has 108 valence electrons. The lowest BCUT2D eigenvalue weighted by Gasteiger charge is -2.36. The minimum absolute atomic E-state index is 0.0728. The Morgan fingerprint density at radius 2 is 2.35 bits per heavy atom. The molecule has 4 nitrogen and oxygen atoms in total. The Morgan fingerprint density at radius 3 is 3.05 bits per heavy atom. The van der Waals surface area contributed by atoms with Crippen molar-refractivity contribution in [1.82, 2.24) is 14.5 Å². The van der Waals surface area contributed by atoms with Crippen LogP contribution in [0.3, 0.4) is 0 Å². The number of pyridine rings is 1. The number of halogens is 1. The number of alkyl halides is 1. The summed E-state index contributed by atoms with van der Waals surface area (Å²) in [6, 6.07) is 2.09. The molecule has 0 aromatic carbocycles. The highest BCUT2D eigenvalue weighted by atomic mass is 35.5. The van der Waals surface area contributed by atoms with Gasteiger partial charge in [0.2, 0.25) is 0 Å². The summed E-state index contributed by atoms with van der Waals surface area (Å²) >= 11 is 5.95. The second kappa shape index (κ2) is 5.34. The van der Waals surface area contributed by atoms with Gasteiger partial charge in [0, 0.05) is 25.1 Å². The van der Waals surface area contributed by atoms with Crippen LogP contribution in [0.15, 0.2) is 12.3 Å². The average Bonchev–Trinajstić information content (AvgIpc) is 2.77. The van der Waals surface area contributed by atoms with E-state index in [9.17, 15) is 0 Å². The van der Waals surface area contributed by atoms with Crippen molar-refractivity contribution in [2.45, 2.75) is 38.6 Å². The number of fused-ring (bicyclic) bond motifs is 1. The Morgan fingerprint density at radius 1 is 1.50 bits per heavy atom. The van der Waals surface area contributed by atoms with E-state index in [1.807, 2.05) is 13.1 Å². The zero-order chi connectivity index (χ0) is 14.2. The number of hydrogen-bond donors (Lipinski definition) is 0. The van der Waals surface area contributed by atoms with Gasteiger partial charge in [0.05, 0.1) is 12.1 Å². The summed E-state index contributed by atoms with van der Waals surface area (Å²) in [5.74, 6) is 1.58. The molecule has 0 spiro atoms. The van der Waals surface area contributed by atoms with Crippen LogP contribution < -0.4 is 0 Å². The van der Waals surface area contributed by atoms with Crippen molar-refractivity contribution in [2.24, 2.45) is 0 Å². The van der Waals surface area contributed by atoms with E-state index < -0.39 is 0 Å². The third kappa shape index (κ3) is 2.31. The lowest BCUT2D eigenvalue weighted by atomic mass is 9.94. The van der Waals surface area contributed by atoms with E-state index in [4.69, 9.17) is 21.3 Å². The molecule has 0 aliphatic carbocycles. The van der Waals surface area contributed by atoms with Crippen LogP contribution in [-0.4, -0.2) is 33.6 Å². The summed E-state index contributed by atoms with van der Waals surface area (Å²) < 4.78 is 7.96. The molecule has 1 saturated heterocycles. The Hall–Kier alpha value is -1.13. The Balaban J connectivity index is 2.17. The maximum absolute atomic E-state index is 5.95. The molecule has 0 amide bonds. The van der Waals surface area contributed by atoms with Crippen molar-refractivity contribution in [3.63, 3.8) is 0 Å². The summed E-state index contributed by atoms with van der Waals surface area (Å²) in [4.78, 5) is 9.35. The first-order chi connectivity index (χ1) is 9.64. The molecule has 1 aliphatic heterocycles. The monoisotopic (exact) mass is 293 g/mol. The fourth-order valence-electron chi connectivity index (χ4n) is 3.03. The van der Waals surface area contributed by atoms with Gasteiger partial charge in [-0.15, -0.1) is 11.6 Å². The van der Waals surface area contributed by atoms with Gasteiger partial charge in [0.1, 0.15) is 11.3 Å². The smallest absolute Gasteiger partial charge is 0.160 e. The number of aryl methyl sites for hydroxylation is 2.